The average molecular weight is 388 g/mol. The molecule has 3 aromatic rings. The predicted octanol–water partition coefficient (Wildman–Crippen LogP) is 4.35. The zero-order chi connectivity index (χ0) is 20.4. The number of carbonyl (C=O) groups excluding carboxylic acids is 2. The largest absolute Gasteiger partial charge is 0.348 e. The van der Waals surface area contributed by atoms with Crippen molar-refractivity contribution in [1.29, 1.82) is 0 Å². The molecular weight excluding hydrogens is 367 g/mol. The first-order chi connectivity index (χ1) is 14.0. The van der Waals surface area contributed by atoms with E-state index in [1.165, 1.54) is 24.3 Å². The standard InChI is InChI=1S/C24H21FN2O2/c1-16-13-20-8-7-17(15-26-23(28)18-9-11-21(25)12-10-18)14-22(20)27(16)24(29)19-5-3-2-4-6-19/h2-12,14,16H,13,15H2,1H3,(H,26,28)/t16-/m1/s1. The summed E-state index contributed by atoms with van der Waals surface area (Å²) in [6.07, 6.45) is 0.802. The van der Waals surface area contributed by atoms with E-state index < -0.39 is 0 Å². The van der Waals surface area contributed by atoms with E-state index in [9.17, 15) is 14.0 Å². The molecule has 1 aliphatic heterocycles. The molecule has 0 radical (unpaired) electrons. The van der Waals surface area contributed by atoms with Crippen LogP contribution in [0.3, 0.4) is 0 Å². The number of carbonyl (C=O) groups is 2. The maximum absolute atomic E-state index is 13.0. The Morgan fingerprint density at radius 3 is 2.45 bits per heavy atom. The van der Waals surface area contributed by atoms with Crippen LogP contribution in [-0.2, 0) is 13.0 Å². The van der Waals surface area contributed by atoms with E-state index in [1.54, 1.807) is 0 Å². The van der Waals surface area contributed by atoms with Gasteiger partial charge in [0.1, 0.15) is 5.82 Å². The Hall–Kier alpha value is -3.47. The van der Waals surface area contributed by atoms with Crippen LogP contribution in [0.25, 0.3) is 0 Å². The molecule has 0 aliphatic carbocycles. The molecular formula is C24H21FN2O2. The Kier molecular flexibility index (Phi) is 5.12. The summed E-state index contributed by atoms with van der Waals surface area (Å²) >= 11 is 0. The lowest BCUT2D eigenvalue weighted by molar-refractivity contribution is 0.0948. The third-order valence-electron chi connectivity index (χ3n) is 5.16. The molecule has 1 aliphatic rings. The van der Waals surface area contributed by atoms with Gasteiger partial charge in [-0.15, -0.1) is 0 Å². The van der Waals surface area contributed by atoms with Crippen LogP contribution in [0, 0.1) is 5.82 Å². The average Bonchev–Trinajstić information content (AvgIpc) is 3.07. The van der Waals surface area contributed by atoms with Gasteiger partial charge in [0.15, 0.2) is 0 Å². The number of hydrogen-bond acceptors (Lipinski definition) is 2. The summed E-state index contributed by atoms with van der Waals surface area (Å²) in [6.45, 7) is 2.36. The highest BCUT2D eigenvalue weighted by molar-refractivity contribution is 6.07. The quantitative estimate of drug-likeness (QED) is 0.723. The molecule has 0 aromatic heterocycles. The van der Waals surface area contributed by atoms with Gasteiger partial charge in [0.2, 0.25) is 0 Å². The fourth-order valence-electron chi connectivity index (χ4n) is 3.68. The first-order valence-electron chi connectivity index (χ1n) is 9.57. The van der Waals surface area contributed by atoms with E-state index in [1.807, 2.05) is 60.4 Å². The summed E-state index contributed by atoms with van der Waals surface area (Å²) in [5.74, 6) is -0.669. The van der Waals surface area contributed by atoms with Gasteiger partial charge in [-0.25, -0.2) is 4.39 Å². The first-order valence-corrected chi connectivity index (χ1v) is 9.57. The molecule has 0 spiro atoms. The smallest absolute Gasteiger partial charge is 0.258 e. The van der Waals surface area contributed by atoms with Crippen LogP contribution in [0.5, 0.6) is 0 Å². The van der Waals surface area contributed by atoms with Gasteiger partial charge in [-0.2, -0.15) is 0 Å². The van der Waals surface area contributed by atoms with Crippen LogP contribution in [0.15, 0.2) is 72.8 Å². The Bertz CT molecular complexity index is 1050. The molecule has 4 nitrogen and oxygen atoms in total. The number of nitrogens with zero attached hydrogens (tertiary/aromatic N) is 1. The summed E-state index contributed by atoms with van der Waals surface area (Å²) in [5.41, 5.74) is 3.97. The number of nitrogens with one attached hydrogen (secondary N) is 1. The normalized spacial score (nSPS) is 15.1. The van der Waals surface area contributed by atoms with Crippen molar-refractivity contribution in [2.75, 3.05) is 4.90 Å². The van der Waals surface area contributed by atoms with Crippen LogP contribution in [0.2, 0.25) is 0 Å². The summed E-state index contributed by atoms with van der Waals surface area (Å²) in [6, 6.07) is 20.7. The Morgan fingerprint density at radius 1 is 1.00 bits per heavy atom. The molecule has 0 bridgehead atoms. The summed E-state index contributed by atoms with van der Waals surface area (Å²) in [7, 11) is 0. The van der Waals surface area contributed by atoms with Crippen LogP contribution in [0.4, 0.5) is 10.1 Å². The predicted molar refractivity (Wildman–Crippen MR) is 110 cm³/mol. The molecule has 146 valence electrons. The van der Waals surface area contributed by atoms with Gasteiger partial charge < -0.3 is 10.2 Å². The maximum Gasteiger partial charge on any atom is 0.258 e. The van der Waals surface area contributed by atoms with Gasteiger partial charge in [-0.1, -0.05) is 30.3 Å². The molecule has 2 amide bonds. The SMILES string of the molecule is C[C@@H]1Cc2ccc(CNC(=O)c3ccc(F)cc3)cc2N1C(=O)c1ccccc1. The highest BCUT2D eigenvalue weighted by Crippen LogP contribution is 2.34. The number of anilines is 1. The van der Waals surface area contributed by atoms with Crippen molar-refractivity contribution in [1.82, 2.24) is 5.32 Å². The monoisotopic (exact) mass is 388 g/mol. The van der Waals surface area contributed by atoms with Gasteiger partial charge in [0.25, 0.3) is 11.8 Å². The maximum atomic E-state index is 13.0. The fourth-order valence-corrected chi connectivity index (χ4v) is 3.68. The van der Waals surface area contributed by atoms with E-state index in [-0.39, 0.29) is 23.7 Å². The summed E-state index contributed by atoms with van der Waals surface area (Å²) < 4.78 is 13.0. The van der Waals surface area contributed by atoms with E-state index in [4.69, 9.17) is 0 Å². The molecule has 1 N–H and O–H groups in total. The van der Waals surface area contributed by atoms with Crippen molar-refractivity contribution in [2.24, 2.45) is 0 Å². The van der Waals surface area contributed by atoms with Gasteiger partial charge in [-0.05, 0) is 66.9 Å². The van der Waals surface area contributed by atoms with E-state index >= 15 is 0 Å². The molecule has 1 heterocycles. The van der Waals surface area contributed by atoms with Crippen LogP contribution >= 0.6 is 0 Å². The molecule has 3 aromatic carbocycles. The van der Waals surface area contributed by atoms with Crippen molar-refractivity contribution < 1.29 is 14.0 Å². The first kappa shape index (κ1) is 18.9. The summed E-state index contributed by atoms with van der Waals surface area (Å²) in [4.78, 5) is 27.1. The number of amides is 2. The highest BCUT2D eigenvalue weighted by atomic mass is 19.1. The van der Waals surface area contributed by atoms with Crippen molar-refractivity contribution >= 4 is 17.5 Å². The number of rotatable bonds is 4. The van der Waals surface area contributed by atoms with Crippen molar-refractivity contribution in [2.45, 2.75) is 25.9 Å². The van der Waals surface area contributed by atoms with Crippen LogP contribution in [-0.4, -0.2) is 17.9 Å². The topological polar surface area (TPSA) is 49.4 Å². The zero-order valence-corrected chi connectivity index (χ0v) is 16.1. The highest BCUT2D eigenvalue weighted by Gasteiger charge is 2.31. The fraction of sp³-hybridized carbons (Fsp3) is 0.167. The molecule has 4 rings (SSSR count). The molecule has 0 fully saturated rings. The van der Waals surface area contributed by atoms with Crippen molar-refractivity contribution in [3.63, 3.8) is 0 Å². The molecule has 0 saturated heterocycles. The second-order valence-electron chi connectivity index (χ2n) is 7.25. The van der Waals surface area contributed by atoms with Crippen molar-refractivity contribution in [3.05, 3.63) is 101 Å². The number of fused-ring (bicyclic) bond motifs is 1. The number of hydrogen-bond donors (Lipinski definition) is 1. The molecule has 0 saturated carbocycles. The molecule has 1 atom stereocenters. The lowest BCUT2D eigenvalue weighted by atomic mass is 10.1. The zero-order valence-electron chi connectivity index (χ0n) is 16.1. The van der Waals surface area contributed by atoms with Crippen LogP contribution in [0.1, 0.15) is 38.8 Å². The molecule has 29 heavy (non-hydrogen) atoms. The Morgan fingerprint density at radius 2 is 1.72 bits per heavy atom. The lowest BCUT2D eigenvalue weighted by Gasteiger charge is -2.23. The van der Waals surface area contributed by atoms with Gasteiger partial charge in [0.05, 0.1) is 0 Å². The van der Waals surface area contributed by atoms with Crippen molar-refractivity contribution in [3.8, 4) is 0 Å². The van der Waals surface area contributed by atoms with Gasteiger partial charge in [-0.3, -0.25) is 9.59 Å². The minimum Gasteiger partial charge on any atom is -0.348 e. The van der Waals surface area contributed by atoms with Gasteiger partial charge in [0, 0.05) is 29.4 Å². The second-order valence-corrected chi connectivity index (χ2v) is 7.25. The van der Waals surface area contributed by atoms with Crippen LogP contribution < -0.4 is 10.2 Å². The second kappa shape index (κ2) is 7.87. The molecule has 0 unspecified atom stereocenters. The lowest BCUT2D eigenvalue weighted by Crippen LogP contribution is -2.35. The Labute approximate surface area is 169 Å². The van der Waals surface area contributed by atoms with E-state index in [2.05, 4.69) is 5.32 Å². The Balaban J connectivity index is 1.52. The third-order valence-corrected chi connectivity index (χ3v) is 5.16. The molecule has 5 heteroatoms. The number of halogens is 1. The third kappa shape index (κ3) is 3.90. The van der Waals surface area contributed by atoms with E-state index in [0.717, 1.165) is 23.2 Å². The minimum atomic E-state index is -0.377. The van der Waals surface area contributed by atoms with Gasteiger partial charge >= 0.3 is 0 Å². The minimum absolute atomic E-state index is 0.0238. The summed E-state index contributed by atoms with van der Waals surface area (Å²) in [5, 5.41) is 2.85. The number of benzene rings is 3. The van der Waals surface area contributed by atoms with E-state index in [0.29, 0.717) is 17.7 Å².